The van der Waals surface area contributed by atoms with E-state index < -0.39 is 0 Å². The summed E-state index contributed by atoms with van der Waals surface area (Å²) >= 11 is 0. The molecule has 0 aromatic heterocycles. The molecule has 1 aromatic carbocycles. The zero-order valence-electron chi connectivity index (χ0n) is 17.3. The fourth-order valence-corrected chi connectivity index (χ4v) is 3.84. The number of piperazine rings is 2. The molecule has 2 heterocycles. The maximum absolute atomic E-state index is 4.99. The zero-order valence-corrected chi connectivity index (χ0v) is 17.3. The second-order valence-corrected chi connectivity index (χ2v) is 7.69. The van der Waals surface area contributed by atoms with Crippen molar-refractivity contribution in [1.29, 1.82) is 0 Å². The van der Waals surface area contributed by atoms with Gasteiger partial charge in [-0.15, -0.1) is 0 Å². The van der Waals surface area contributed by atoms with Gasteiger partial charge < -0.3 is 20.0 Å². The molecule has 2 fully saturated rings. The van der Waals surface area contributed by atoms with E-state index in [9.17, 15) is 0 Å². The molecule has 2 aliphatic rings. The predicted octanol–water partition coefficient (Wildman–Crippen LogP) is 1.41. The van der Waals surface area contributed by atoms with Crippen molar-refractivity contribution in [3.63, 3.8) is 0 Å². The van der Waals surface area contributed by atoms with Gasteiger partial charge in [-0.3, -0.25) is 9.89 Å². The minimum Gasteiger partial charge on any atom is -0.368 e. The number of nitrogens with one attached hydrogen (secondary N) is 1. The average molecular weight is 373 g/mol. The summed E-state index contributed by atoms with van der Waals surface area (Å²) in [5, 5.41) is 3.50. The highest BCUT2D eigenvalue weighted by Crippen LogP contribution is 2.15. The van der Waals surface area contributed by atoms with Gasteiger partial charge in [-0.25, -0.2) is 0 Å². The third-order valence-electron chi connectivity index (χ3n) is 5.70. The van der Waals surface area contributed by atoms with Gasteiger partial charge in [0.25, 0.3) is 0 Å². The summed E-state index contributed by atoms with van der Waals surface area (Å²) in [7, 11) is 2.21. The smallest absolute Gasteiger partial charge is 0.194 e. The molecule has 1 atom stereocenters. The summed E-state index contributed by atoms with van der Waals surface area (Å²) in [6, 6.07) is 11.2. The Labute approximate surface area is 164 Å². The second kappa shape index (κ2) is 9.95. The lowest BCUT2D eigenvalue weighted by Crippen LogP contribution is -2.53. The fraction of sp³-hybridized carbons (Fsp3) is 0.667. The Morgan fingerprint density at radius 3 is 2.30 bits per heavy atom. The SMILES string of the molecule is CCNC(=NCC(C)N1CCN(C)CC1)N1CCN(c2ccccc2)CC1. The van der Waals surface area contributed by atoms with Crippen LogP contribution in [0.25, 0.3) is 0 Å². The van der Waals surface area contributed by atoms with Gasteiger partial charge >= 0.3 is 0 Å². The van der Waals surface area contributed by atoms with E-state index in [1.54, 1.807) is 0 Å². The number of benzene rings is 1. The number of hydrogen-bond acceptors (Lipinski definition) is 4. The molecule has 0 bridgehead atoms. The van der Waals surface area contributed by atoms with Crippen molar-refractivity contribution in [2.75, 3.05) is 77.4 Å². The molecule has 150 valence electrons. The van der Waals surface area contributed by atoms with Crippen LogP contribution in [-0.4, -0.2) is 99.2 Å². The van der Waals surface area contributed by atoms with Crippen LogP contribution in [-0.2, 0) is 0 Å². The molecule has 3 rings (SSSR count). The molecule has 1 unspecified atom stereocenters. The van der Waals surface area contributed by atoms with Crippen LogP contribution in [0.15, 0.2) is 35.3 Å². The molecule has 2 aliphatic heterocycles. The molecule has 6 nitrogen and oxygen atoms in total. The van der Waals surface area contributed by atoms with Crippen LogP contribution < -0.4 is 10.2 Å². The molecule has 0 aliphatic carbocycles. The molecule has 2 saturated heterocycles. The number of hydrogen-bond donors (Lipinski definition) is 1. The minimum absolute atomic E-state index is 0.498. The van der Waals surface area contributed by atoms with Crippen LogP contribution in [0.4, 0.5) is 5.69 Å². The van der Waals surface area contributed by atoms with Gasteiger partial charge in [0, 0.05) is 70.6 Å². The lowest BCUT2D eigenvalue weighted by Gasteiger charge is -2.38. The minimum atomic E-state index is 0.498. The highest BCUT2D eigenvalue weighted by molar-refractivity contribution is 5.80. The standard InChI is InChI=1S/C21H36N6/c1-4-22-21(23-18-19(2)25-12-10-24(3)11-13-25)27-16-14-26(15-17-27)20-8-6-5-7-9-20/h5-9,19H,4,10-18H2,1-3H3,(H,22,23). The Balaban J connectivity index is 1.53. The van der Waals surface area contributed by atoms with Crippen LogP contribution in [0.1, 0.15) is 13.8 Å². The first kappa shape index (κ1) is 20.0. The second-order valence-electron chi connectivity index (χ2n) is 7.69. The van der Waals surface area contributed by atoms with Crippen LogP contribution in [0.5, 0.6) is 0 Å². The quantitative estimate of drug-likeness (QED) is 0.625. The van der Waals surface area contributed by atoms with E-state index >= 15 is 0 Å². The Morgan fingerprint density at radius 2 is 1.67 bits per heavy atom. The summed E-state index contributed by atoms with van der Waals surface area (Å²) in [5.74, 6) is 1.08. The third-order valence-corrected chi connectivity index (χ3v) is 5.70. The van der Waals surface area contributed by atoms with Gasteiger partial charge in [-0.05, 0) is 33.0 Å². The van der Waals surface area contributed by atoms with Crippen LogP contribution in [0.3, 0.4) is 0 Å². The summed E-state index contributed by atoms with van der Waals surface area (Å²) in [5.41, 5.74) is 1.32. The Hall–Kier alpha value is -1.79. The molecule has 1 N–H and O–H groups in total. The number of aliphatic imine (C=N–C) groups is 1. The summed E-state index contributed by atoms with van der Waals surface area (Å²) in [4.78, 5) is 14.8. The molecule has 6 heteroatoms. The summed E-state index contributed by atoms with van der Waals surface area (Å²) < 4.78 is 0. The molecular formula is C21H36N6. The van der Waals surface area contributed by atoms with Crippen molar-refractivity contribution in [2.45, 2.75) is 19.9 Å². The van der Waals surface area contributed by atoms with Crippen molar-refractivity contribution >= 4 is 11.6 Å². The highest BCUT2D eigenvalue weighted by atomic mass is 15.4. The maximum atomic E-state index is 4.99. The van der Waals surface area contributed by atoms with E-state index in [1.165, 1.54) is 5.69 Å². The Bertz CT molecular complexity index is 574. The van der Waals surface area contributed by atoms with Gasteiger partial charge in [0.15, 0.2) is 5.96 Å². The maximum Gasteiger partial charge on any atom is 0.194 e. The monoisotopic (exact) mass is 372 g/mol. The molecule has 0 amide bonds. The molecule has 1 aromatic rings. The van der Waals surface area contributed by atoms with Gasteiger partial charge in [-0.2, -0.15) is 0 Å². The van der Waals surface area contributed by atoms with Gasteiger partial charge in [0.05, 0.1) is 6.54 Å². The van der Waals surface area contributed by atoms with Gasteiger partial charge in [0.2, 0.25) is 0 Å². The van der Waals surface area contributed by atoms with Gasteiger partial charge in [0.1, 0.15) is 0 Å². The molecule has 0 radical (unpaired) electrons. The first-order chi connectivity index (χ1) is 13.2. The summed E-state index contributed by atoms with van der Waals surface area (Å²) in [6.45, 7) is 15.0. The molecular weight excluding hydrogens is 336 g/mol. The van der Waals surface area contributed by atoms with Crippen LogP contribution in [0, 0.1) is 0 Å². The Kier molecular flexibility index (Phi) is 7.35. The van der Waals surface area contributed by atoms with Crippen LogP contribution >= 0.6 is 0 Å². The van der Waals surface area contributed by atoms with Crippen molar-refractivity contribution < 1.29 is 0 Å². The average Bonchev–Trinajstić information content (AvgIpc) is 2.72. The number of guanidine groups is 1. The van der Waals surface area contributed by atoms with E-state index in [0.29, 0.717) is 6.04 Å². The molecule has 0 spiro atoms. The first-order valence-electron chi connectivity index (χ1n) is 10.4. The van der Waals surface area contributed by atoms with E-state index in [2.05, 4.69) is 76.1 Å². The molecule has 0 saturated carbocycles. The largest absolute Gasteiger partial charge is 0.368 e. The van der Waals surface area contributed by atoms with Crippen LogP contribution in [0.2, 0.25) is 0 Å². The van der Waals surface area contributed by atoms with E-state index in [0.717, 1.165) is 71.4 Å². The third kappa shape index (κ3) is 5.59. The lowest BCUT2D eigenvalue weighted by molar-refractivity contribution is 0.122. The molecule has 27 heavy (non-hydrogen) atoms. The van der Waals surface area contributed by atoms with E-state index in [-0.39, 0.29) is 0 Å². The first-order valence-corrected chi connectivity index (χ1v) is 10.4. The number of nitrogens with zero attached hydrogens (tertiary/aromatic N) is 5. The number of rotatable bonds is 5. The van der Waals surface area contributed by atoms with Crippen molar-refractivity contribution in [3.05, 3.63) is 30.3 Å². The number of para-hydroxylation sites is 1. The fourth-order valence-electron chi connectivity index (χ4n) is 3.84. The van der Waals surface area contributed by atoms with Gasteiger partial charge in [-0.1, -0.05) is 18.2 Å². The van der Waals surface area contributed by atoms with E-state index in [1.807, 2.05) is 0 Å². The van der Waals surface area contributed by atoms with E-state index in [4.69, 9.17) is 4.99 Å². The number of anilines is 1. The zero-order chi connectivity index (χ0) is 19.1. The normalized spacial score (nSPS) is 21.4. The highest BCUT2D eigenvalue weighted by Gasteiger charge is 2.22. The van der Waals surface area contributed by atoms with Crippen molar-refractivity contribution in [3.8, 4) is 0 Å². The predicted molar refractivity (Wildman–Crippen MR) is 115 cm³/mol. The number of likely N-dealkylation sites (N-methyl/N-ethyl adjacent to an activating group) is 1. The lowest BCUT2D eigenvalue weighted by atomic mass is 10.2. The summed E-state index contributed by atoms with van der Waals surface area (Å²) in [6.07, 6.45) is 0. The van der Waals surface area contributed by atoms with Crippen molar-refractivity contribution in [1.82, 2.24) is 20.0 Å². The van der Waals surface area contributed by atoms with Crippen molar-refractivity contribution in [2.24, 2.45) is 4.99 Å². The Morgan fingerprint density at radius 1 is 1.00 bits per heavy atom. The topological polar surface area (TPSA) is 37.4 Å².